The molecule has 0 aliphatic carbocycles. The van der Waals surface area contributed by atoms with Crippen molar-refractivity contribution >= 4 is 40.8 Å². The molecule has 1 aliphatic rings. The second kappa shape index (κ2) is 8.74. The molecule has 1 aliphatic heterocycles. The van der Waals surface area contributed by atoms with Crippen LogP contribution in [0.1, 0.15) is 24.9 Å². The van der Waals surface area contributed by atoms with E-state index in [2.05, 4.69) is 20.3 Å². The molecular formula is C20H19ClFN5O3S. The molecule has 0 saturated carbocycles. The topological polar surface area (TPSA) is 100 Å². The lowest BCUT2D eigenvalue weighted by Crippen LogP contribution is -2.41. The van der Waals surface area contributed by atoms with Gasteiger partial charge in [0.1, 0.15) is 29.3 Å². The summed E-state index contributed by atoms with van der Waals surface area (Å²) >= 11 is 7.30. The average molecular weight is 464 g/mol. The highest BCUT2D eigenvalue weighted by Crippen LogP contribution is 2.30. The molecule has 0 spiro atoms. The number of nitrogens with zero attached hydrogens (tertiary/aromatic N) is 4. The number of carbonyl (C=O) groups excluding carboxylic acids is 1. The summed E-state index contributed by atoms with van der Waals surface area (Å²) in [4.78, 5) is 26.6. The van der Waals surface area contributed by atoms with Gasteiger partial charge in [0.2, 0.25) is 5.95 Å². The van der Waals surface area contributed by atoms with Crippen LogP contribution in [-0.4, -0.2) is 44.9 Å². The molecule has 162 valence electrons. The van der Waals surface area contributed by atoms with E-state index in [1.807, 2.05) is 12.3 Å². The number of aliphatic hydroxyl groups is 1. The zero-order valence-corrected chi connectivity index (χ0v) is 18.2. The molecule has 4 rings (SSSR count). The van der Waals surface area contributed by atoms with Crippen molar-refractivity contribution in [2.45, 2.75) is 32.0 Å². The number of aromatic nitrogens is 3. The minimum atomic E-state index is -0.773. The fourth-order valence-corrected chi connectivity index (χ4v) is 4.15. The van der Waals surface area contributed by atoms with Crippen LogP contribution in [-0.2, 0) is 4.74 Å². The average Bonchev–Trinajstić information content (AvgIpc) is 3.37. The van der Waals surface area contributed by atoms with Crippen LogP contribution in [0.15, 0.2) is 35.8 Å². The van der Waals surface area contributed by atoms with E-state index in [0.717, 1.165) is 10.6 Å². The first-order valence-electron chi connectivity index (χ1n) is 9.48. The Balaban J connectivity index is 1.51. The lowest BCUT2D eigenvalue weighted by molar-refractivity contribution is 0.142. The van der Waals surface area contributed by atoms with Crippen molar-refractivity contribution in [1.82, 2.24) is 15.0 Å². The van der Waals surface area contributed by atoms with Crippen molar-refractivity contribution in [3.8, 4) is 11.3 Å². The van der Waals surface area contributed by atoms with Crippen LogP contribution in [0.3, 0.4) is 0 Å². The molecule has 2 N–H and O–H groups in total. The van der Waals surface area contributed by atoms with E-state index in [-0.39, 0.29) is 17.7 Å². The maximum atomic E-state index is 13.4. The zero-order chi connectivity index (χ0) is 22.1. The summed E-state index contributed by atoms with van der Waals surface area (Å²) in [6.07, 6.45) is 0.187. The Labute approximate surface area is 186 Å². The first-order valence-corrected chi connectivity index (χ1v) is 10.7. The molecule has 2 aromatic heterocycles. The van der Waals surface area contributed by atoms with Gasteiger partial charge in [0, 0.05) is 17.1 Å². The number of thiazole rings is 1. The standard InChI is InChI=1S/C20H19ClFN5O3S/c1-10(18-25-15(9-31-18)12-3-4-14(22)13(21)7-12)24-19-23-6-5-17(26-19)27-16(11(2)28)8-30-20(27)29/h3-7,9-11,16,28H,8H2,1-2H3,(H,23,24,26)/t10?,11-,16-/m1/s1. The SMILES string of the molecule is CC(Nc1nccc(N2C(=O)OC[C@@H]2[C@@H](C)O)n1)c1nc(-c2ccc(F)c(Cl)c2)cs1. The summed E-state index contributed by atoms with van der Waals surface area (Å²) in [5, 5.41) is 15.8. The molecule has 0 bridgehead atoms. The molecule has 11 heteroatoms. The van der Waals surface area contributed by atoms with Crippen LogP contribution in [0.2, 0.25) is 5.02 Å². The number of halogens is 2. The number of amides is 1. The van der Waals surface area contributed by atoms with E-state index in [9.17, 15) is 14.3 Å². The molecule has 0 radical (unpaired) electrons. The van der Waals surface area contributed by atoms with Gasteiger partial charge >= 0.3 is 6.09 Å². The minimum absolute atomic E-state index is 0.0411. The fourth-order valence-electron chi connectivity index (χ4n) is 3.14. The third kappa shape index (κ3) is 4.46. The zero-order valence-electron chi connectivity index (χ0n) is 16.6. The smallest absolute Gasteiger partial charge is 0.416 e. The van der Waals surface area contributed by atoms with Crippen LogP contribution in [0.4, 0.5) is 21.0 Å². The first-order chi connectivity index (χ1) is 14.8. The van der Waals surface area contributed by atoms with Gasteiger partial charge in [0.25, 0.3) is 0 Å². The van der Waals surface area contributed by atoms with Crippen molar-refractivity contribution in [2.75, 3.05) is 16.8 Å². The second-order valence-electron chi connectivity index (χ2n) is 7.06. The van der Waals surface area contributed by atoms with Crippen LogP contribution in [0.25, 0.3) is 11.3 Å². The number of carbonyl (C=O) groups is 1. The lowest BCUT2D eigenvalue weighted by atomic mass is 10.2. The highest BCUT2D eigenvalue weighted by atomic mass is 35.5. The quantitative estimate of drug-likeness (QED) is 0.563. The van der Waals surface area contributed by atoms with Crippen molar-refractivity contribution in [2.24, 2.45) is 0 Å². The van der Waals surface area contributed by atoms with Crippen molar-refractivity contribution < 1.29 is 19.0 Å². The van der Waals surface area contributed by atoms with Gasteiger partial charge in [-0.3, -0.25) is 4.90 Å². The third-order valence-electron chi connectivity index (χ3n) is 4.80. The van der Waals surface area contributed by atoms with Crippen LogP contribution >= 0.6 is 22.9 Å². The molecule has 8 nitrogen and oxygen atoms in total. The Kier molecular flexibility index (Phi) is 6.03. The Hall–Kier alpha value is -2.82. The molecular weight excluding hydrogens is 445 g/mol. The van der Waals surface area contributed by atoms with E-state index in [1.165, 1.54) is 34.6 Å². The van der Waals surface area contributed by atoms with Gasteiger partial charge in [-0.15, -0.1) is 11.3 Å². The molecule has 3 heterocycles. The number of ether oxygens (including phenoxy) is 1. The lowest BCUT2D eigenvalue weighted by Gasteiger charge is -2.22. The summed E-state index contributed by atoms with van der Waals surface area (Å²) in [6.45, 7) is 3.59. The number of hydrogen-bond acceptors (Lipinski definition) is 8. The molecule has 1 saturated heterocycles. The van der Waals surface area contributed by atoms with Gasteiger partial charge in [0.05, 0.1) is 22.9 Å². The van der Waals surface area contributed by atoms with Crippen molar-refractivity contribution in [3.63, 3.8) is 0 Å². The van der Waals surface area contributed by atoms with Gasteiger partial charge in [-0.25, -0.2) is 19.2 Å². The summed E-state index contributed by atoms with van der Waals surface area (Å²) in [6, 6.07) is 5.30. The van der Waals surface area contributed by atoms with Gasteiger partial charge in [-0.05, 0) is 38.1 Å². The van der Waals surface area contributed by atoms with E-state index in [4.69, 9.17) is 16.3 Å². The van der Waals surface area contributed by atoms with Gasteiger partial charge < -0.3 is 15.2 Å². The molecule has 1 aromatic carbocycles. The normalized spacial score (nSPS) is 18.0. The largest absolute Gasteiger partial charge is 0.447 e. The summed E-state index contributed by atoms with van der Waals surface area (Å²) < 4.78 is 18.5. The minimum Gasteiger partial charge on any atom is -0.447 e. The fraction of sp³-hybridized carbons (Fsp3) is 0.300. The Bertz CT molecular complexity index is 1110. The number of rotatable bonds is 6. The number of hydrogen-bond donors (Lipinski definition) is 2. The molecule has 1 amide bonds. The number of cyclic esters (lactones) is 1. The van der Waals surface area contributed by atoms with E-state index < -0.39 is 24.1 Å². The second-order valence-corrected chi connectivity index (χ2v) is 8.36. The Morgan fingerprint density at radius 1 is 1.35 bits per heavy atom. The Morgan fingerprint density at radius 3 is 2.90 bits per heavy atom. The summed E-state index contributed by atoms with van der Waals surface area (Å²) in [5.74, 6) is 0.155. The molecule has 1 fully saturated rings. The van der Waals surface area contributed by atoms with Crippen LogP contribution < -0.4 is 10.2 Å². The van der Waals surface area contributed by atoms with Gasteiger partial charge in [-0.2, -0.15) is 4.98 Å². The third-order valence-corrected chi connectivity index (χ3v) is 6.12. The predicted octanol–water partition coefficient (Wildman–Crippen LogP) is 4.27. The predicted molar refractivity (Wildman–Crippen MR) is 116 cm³/mol. The highest BCUT2D eigenvalue weighted by molar-refractivity contribution is 7.10. The summed E-state index contributed by atoms with van der Waals surface area (Å²) in [7, 11) is 0. The molecule has 1 unspecified atom stereocenters. The van der Waals surface area contributed by atoms with Crippen molar-refractivity contribution in [3.05, 3.63) is 51.7 Å². The van der Waals surface area contributed by atoms with Gasteiger partial charge in [0.15, 0.2) is 0 Å². The highest BCUT2D eigenvalue weighted by Gasteiger charge is 2.38. The molecule has 31 heavy (non-hydrogen) atoms. The Morgan fingerprint density at radius 2 is 2.16 bits per heavy atom. The van der Waals surface area contributed by atoms with Gasteiger partial charge in [-0.1, -0.05) is 11.6 Å². The van der Waals surface area contributed by atoms with Crippen LogP contribution in [0.5, 0.6) is 0 Å². The first kappa shape index (κ1) is 21.4. The monoisotopic (exact) mass is 463 g/mol. The molecule has 3 atom stereocenters. The van der Waals surface area contributed by atoms with Crippen LogP contribution in [0, 0.1) is 5.82 Å². The van der Waals surface area contributed by atoms with Crippen molar-refractivity contribution in [1.29, 1.82) is 0 Å². The van der Waals surface area contributed by atoms with E-state index >= 15 is 0 Å². The number of aliphatic hydroxyl groups excluding tert-OH is 1. The maximum absolute atomic E-state index is 13.4. The number of benzene rings is 1. The number of nitrogens with one attached hydrogen (secondary N) is 1. The molecule has 3 aromatic rings. The van der Waals surface area contributed by atoms with E-state index in [1.54, 1.807) is 19.1 Å². The van der Waals surface area contributed by atoms with E-state index in [0.29, 0.717) is 17.5 Å². The number of anilines is 2. The summed E-state index contributed by atoms with van der Waals surface area (Å²) in [5.41, 5.74) is 1.40. The maximum Gasteiger partial charge on any atom is 0.416 e.